The highest BCUT2D eigenvalue weighted by Gasteiger charge is 2.39. The lowest BCUT2D eigenvalue weighted by atomic mass is 9.97. The number of para-hydroxylation sites is 1. The van der Waals surface area contributed by atoms with Gasteiger partial charge in [-0.25, -0.2) is 0 Å². The number of carbonyl (C=O) groups excluding carboxylic acids is 1. The Balaban J connectivity index is 1.58. The summed E-state index contributed by atoms with van der Waals surface area (Å²) in [4.78, 5) is 22.3. The lowest BCUT2D eigenvalue weighted by molar-refractivity contribution is 0.0770. The minimum atomic E-state index is -0.0176. The highest BCUT2D eigenvalue weighted by atomic mass is 16.5. The Morgan fingerprint density at radius 2 is 2.24 bits per heavy atom. The summed E-state index contributed by atoms with van der Waals surface area (Å²) in [5, 5.41) is 4.91. The fourth-order valence-electron chi connectivity index (χ4n) is 3.52. The van der Waals surface area contributed by atoms with Crippen LogP contribution in [0.1, 0.15) is 28.1 Å². The summed E-state index contributed by atoms with van der Waals surface area (Å²) in [7, 11) is 1.66. The van der Waals surface area contributed by atoms with Crippen LogP contribution in [0.2, 0.25) is 0 Å². The number of aromatic amines is 1. The van der Waals surface area contributed by atoms with Crippen molar-refractivity contribution in [3.8, 4) is 0 Å². The SMILES string of the molecule is COCC1CN(C(=O)c2cc3ccccc3[nH]2)CC1c1nc(C)no1. The molecule has 130 valence electrons. The molecule has 25 heavy (non-hydrogen) atoms. The van der Waals surface area contributed by atoms with Gasteiger partial charge in [-0.3, -0.25) is 4.79 Å². The molecule has 0 bridgehead atoms. The molecule has 1 fully saturated rings. The van der Waals surface area contributed by atoms with Crippen molar-refractivity contribution in [2.45, 2.75) is 12.8 Å². The maximum atomic E-state index is 12.9. The predicted molar refractivity (Wildman–Crippen MR) is 91.3 cm³/mol. The number of hydrogen-bond acceptors (Lipinski definition) is 5. The van der Waals surface area contributed by atoms with Gasteiger partial charge in [0.05, 0.1) is 12.5 Å². The quantitative estimate of drug-likeness (QED) is 0.788. The molecule has 7 nitrogen and oxygen atoms in total. The predicted octanol–water partition coefficient (Wildman–Crippen LogP) is 2.36. The zero-order valence-corrected chi connectivity index (χ0v) is 14.2. The minimum absolute atomic E-state index is 0.00511. The number of methoxy groups -OCH3 is 1. The Kier molecular flexibility index (Phi) is 4.01. The van der Waals surface area contributed by atoms with Crippen LogP contribution in [0.4, 0.5) is 0 Å². The van der Waals surface area contributed by atoms with E-state index in [9.17, 15) is 4.79 Å². The summed E-state index contributed by atoms with van der Waals surface area (Å²) >= 11 is 0. The number of rotatable bonds is 4. The number of aryl methyl sites for hydroxylation is 1. The Morgan fingerprint density at radius 1 is 1.40 bits per heavy atom. The van der Waals surface area contributed by atoms with E-state index in [-0.39, 0.29) is 17.7 Å². The van der Waals surface area contributed by atoms with Crippen LogP contribution in [0.25, 0.3) is 10.9 Å². The summed E-state index contributed by atoms with van der Waals surface area (Å²) in [5.74, 6) is 1.29. The number of H-pyrrole nitrogens is 1. The number of likely N-dealkylation sites (tertiary alicyclic amines) is 1. The molecule has 1 N–H and O–H groups in total. The second kappa shape index (κ2) is 6.33. The largest absolute Gasteiger partial charge is 0.384 e. The molecule has 1 aliphatic heterocycles. The van der Waals surface area contributed by atoms with Crippen molar-refractivity contribution in [1.82, 2.24) is 20.0 Å². The first kappa shape index (κ1) is 15.8. The molecule has 1 aliphatic rings. The van der Waals surface area contributed by atoms with Crippen LogP contribution >= 0.6 is 0 Å². The van der Waals surface area contributed by atoms with Crippen LogP contribution < -0.4 is 0 Å². The van der Waals surface area contributed by atoms with Crippen molar-refractivity contribution in [2.75, 3.05) is 26.8 Å². The zero-order valence-electron chi connectivity index (χ0n) is 14.2. The van der Waals surface area contributed by atoms with Gasteiger partial charge in [0.1, 0.15) is 5.69 Å². The monoisotopic (exact) mass is 340 g/mol. The van der Waals surface area contributed by atoms with Crippen LogP contribution in [-0.4, -0.2) is 52.7 Å². The molecule has 2 unspecified atom stereocenters. The van der Waals surface area contributed by atoms with Crippen LogP contribution in [-0.2, 0) is 4.74 Å². The van der Waals surface area contributed by atoms with Gasteiger partial charge in [0, 0.05) is 37.0 Å². The van der Waals surface area contributed by atoms with Crippen molar-refractivity contribution in [2.24, 2.45) is 5.92 Å². The smallest absolute Gasteiger partial charge is 0.270 e. The van der Waals surface area contributed by atoms with Crippen LogP contribution in [0.3, 0.4) is 0 Å². The van der Waals surface area contributed by atoms with Crippen molar-refractivity contribution in [1.29, 1.82) is 0 Å². The second-order valence-electron chi connectivity index (χ2n) is 6.48. The van der Waals surface area contributed by atoms with Gasteiger partial charge in [0.25, 0.3) is 5.91 Å². The molecular weight excluding hydrogens is 320 g/mol. The third-order valence-corrected chi connectivity index (χ3v) is 4.73. The second-order valence-corrected chi connectivity index (χ2v) is 6.48. The number of ether oxygens (including phenoxy) is 1. The Morgan fingerprint density at radius 3 is 2.96 bits per heavy atom. The lowest BCUT2D eigenvalue weighted by Gasteiger charge is -2.15. The summed E-state index contributed by atoms with van der Waals surface area (Å²) in [6.07, 6.45) is 0. The van der Waals surface area contributed by atoms with E-state index in [1.807, 2.05) is 35.2 Å². The van der Waals surface area contributed by atoms with Gasteiger partial charge in [0.15, 0.2) is 5.82 Å². The Bertz CT molecular complexity index is 868. The number of amides is 1. The van der Waals surface area contributed by atoms with Gasteiger partial charge in [-0.05, 0) is 19.1 Å². The number of benzene rings is 1. The fourth-order valence-corrected chi connectivity index (χ4v) is 3.52. The van der Waals surface area contributed by atoms with E-state index in [0.29, 0.717) is 37.1 Å². The molecule has 0 aliphatic carbocycles. The van der Waals surface area contributed by atoms with Crippen molar-refractivity contribution < 1.29 is 14.1 Å². The first-order chi connectivity index (χ1) is 12.2. The lowest BCUT2D eigenvalue weighted by Crippen LogP contribution is -2.29. The highest BCUT2D eigenvalue weighted by molar-refractivity contribution is 5.98. The molecule has 1 saturated heterocycles. The van der Waals surface area contributed by atoms with E-state index < -0.39 is 0 Å². The van der Waals surface area contributed by atoms with Crippen LogP contribution in [0, 0.1) is 12.8 Å². The number of hydrogen-bond donors (Lipinski definition) is 1. The molecule has 2 aromatic heterocycles. The number of fused-ring (bicyclic) bond motifs is 1. The van der Waals surface area contributed by atoms with Gasteiger partial charge in [-0.15, -0.1) is 0 Å². The molecule has 7 heteroatoms. The number of aromatic nitrogens is 3. The van der Waals surface area contributed by atoms with E-state index in [1.165, 1.54) is 0 Å². The van der Waals surface area contributed by atoms with Crippen LogP contribution in [0.5, 0.6) is 0 Å². The summed E-state index contributed by atoms with van der Waals surface area (Å²) in [5.41, 5.74) is 1.56. The molecular formula is C18H20N4O3. The highest BCUT2D eigenvalue weighted by Crippen LogP contribution is 2.33. The molecule has 1 aromatic carbocycles. The third-order valence-electron chi connectivity index (χ3n) is 4.73. The number of nitrogens with zero attached hydrogens (tertiary/aromatic N) is 3. The topological polar surface area (TPSA) is 84.2 Å². The standard InChI is InChI=1S/C18H20N4O3/c1-11-19-17(25-21-11)14-9-22(8-13(14)10-24-2)18(23)16-7-12-5-3-4-6-15(12)20-16/h3-7,13-14,20H,8-10H2,1-2H3. The molecule has 2 atom stereocenters. The molecule has 3 heterocycles. The molecule has 3 aromatic rings. The van der Waals surface area contributed by atoms with Gasteiger partial charge >= 0.3 is 0 Å². The molecule has 0 saturated carbocycles. The Labute approximate surface area is 145 Å². The maximum absolute atomic E-state index is 12.9. The number of nitrogens with one attached hydrogen (secondary N) is 1. The molecule has 4 rings (SSSR count). The zero-order chi connectivity index (χ0) is 17.4. The maximum Gasteiger partial charge on any atom is 0.270 e. The van der Waals surface area contributed by atoms with Gasteiger partial charge in [-0.2, -0.15) is 4.98 Å². The summed E-state index contributed by atoms with van der Waals surface area (Å²) < 4.78 is 10.7. The van der Waals surface area contributed by atoms with Gasteiger partial charge in [-0.1, -0.05) is 23.4 Å². The van der Waals surface area contributed by atoms with Crippen molar-refractivity contribution in [3.05, 3.63) is 47.7 Å². The van der Waals surface area contributed by atoms with E-state index in [1.54, 1.807) is 14.0 Å². The van der Waals surface area contributed by atoms with E-state index in [2.05, 4.69) is 15.1 Å². The third kappa shape index (κ3) is 2.91. The molecule has 0 spiro atoms. The van der Waals surface area contributed by atoms with E-state index in [4.69, 9.17) is 9.26 Å². The molecule has 0 radical (unpaired) electrons. The normalized spacial score (nSPS) is 20.5. The van der Waals surface area contributed by atoms with Gasteiger partial charge < -0.3 is 19.1 Å². The Hall–Kier alpha value is -2.67. The average Bonchev–Trinajstić information content (AvgIpc) is 3.31. The first-order valence-corrected chi connectivity index (χ1v) is 8.32. The summed E-state index contributed by atoms with van der Waals surface area (Å²) in [6, 6.07) is 9.76. The van der Waals surface area contributed by atoms with E-state index in [0.717, 1.165) is 10.9 Å². The summed E-state index contributed by atoms with van der Waals surface area (Å²) in [6.45, 7) is 3.49. The molecule has 1 amide bonds. The first-order valence-electron chi connectivity index (χ1n) is 8.32. The fraction of sp³-hybridized carbons (Fsp3) is 0.389. The van der Waals surface area contributed by atoms with Crippen molar-refractivity contribution >= 4 is 16.8 Å². The van der Waals surface area contributed by atoms with Crippen LogP contribution in [0.15, 0.2) is 34.9 Å². The van der Waals surface area contributed by atoms with E-state index >= 15 is 0 Å². The van der Waals surface area contributed by atoms with Gasteiger partial charge in [0.2, 0.25) is 5.89 Å². The van der Waals surface area contributed by atoms with Crippen molar-refractivity contribution in [3.63, 3.8) is 0 Å². The number of carbonyl (C=O) groups is 1. The average molecular weight is 340 g/mol. The minimum Gasteiger partial charge on any atom is -0.384 e.